The Labute approximate surface area is 198 Å². The van der Waals surface area contributed by atoms with Crippen molar-refractivity contribution in [2.75, 3.05) is 42.5 Å². The molecule has 0 spiro atoms. The molecule has 166 valence electrons. The van der Waals surface area contributed by atoms with E-state index in [1.54, 1.807) is 11.5 Å². The molecule has 0 saturated carbocycles. The SMILES string of the molecule is O=C1c2ccccc2CN1c1ccc(CCN2CCN(c3nsc4ccccc34)CC2)cc1. The number of fused-ring (bicyclic) bond motifs is 2. The molecule has 0 N–H and O–H groups in total. The van der Waals surface area contributed by atoms with E-state index in [0.717, 1.165) is 61.8 Å². The van der Waals surface area contributed by atoms with Gasteiger partial charge in [0.05, 0.1) is 11.2 Å². The molecule has 1 saturated heterocycles. The van der Waals surface area contributed by atoms with Gasteiger partial charge < -0.3 is 9.80 Å². The summed E-state index contributed by atoms with van der Waals surface area (Å²) >= 11 is 1.59. The lowest BCUT2D eigenvalue weighted by Crippen LogP contribution is -2.47. The van der Waals surface area contributed by atoms with Crippen molar-refractivity contribution in [3.05, 3.63) is 89.5 Å². The van der Waals surface area contributed by atoms with Gasteiger partial charge in [-0.1, -0.05) is 42.5 Å². The minimum atomic E-state index is 0.101. The average Bonchev–Trinajstić information content (AvgIpc) is 3.45. The molecule has 4 aromatic rings. The Morgan fingerprint density at radius 3 is 2.42 bits per heavy atom. The zero-order chi connectivity index (χ0) is 22.2. The van der Waals surface area contributed by atoms with Crippen molar-refractivity contribution in [1.82, 2.24) is 9.27 Å². The maximum atomic E-state index is 12.7. The van der Waals surface area contributed by atoms with Crippen LogP contribution in [0.5, 0.6) is 0 Å². The second-order valence-corrected chi connectivity index (χ2v) is 9.60. The lowest BCUT2D eigenvalue weighted by atomic mass is 10.1. The normalized spacial score (nSPS) is 16.5. The quantitative estimate of drug-likeness (QED) is 0.433. The van der Waals surface area contributed by atoms with Crippen LogP contribution in [0.4, 0.5) is 11.5 Å². The van der Waals surface area contributed by atoms with E-state index in [2.05, 4.69) is 58.3 Å². The maximum absolute atomic E-state index is 12.7. The number of anilines is 2. The van der Waals surface area contributed by atoms with Crippen LogP contribution in [0.2, 0.25) is 0 Å². The molecule has 3 aromatic carbocycles. The van der Waals surface area contributed by atoms with E-state index >= 15 is 0 Å². The van der Waals surface area contributed by atoms with E-state index in [-0.39, 0.29) is 5.91 Å². The highest BCUT2D eigenvalue weighted by molar-refractivity contribution is 7.13. The summed E-state index contributed by atoms with van der Waals surface area (Å²) in [6, 6.07) is 24.9. The van der Waals surface area contributed by atoms with Crippen molar-refractivity contribution in [3.63, 3.8) is 0 Å². The van der Waals surface area contributed by atoms with Crippen LogP contribution in [0.3, 0.4) is 0 Å². The van der Waals surface area contributed by atoms with Gasteiger partial charge in [-0.15, -0.1) is 0 Å². The van der Waals surface area contributed by atoms with Gasteiger partial charge >= 0.3 is 0 Å². The van der Waals surface area contributed by atoms with E-state index in [4.69, 9.17) is 4.37 Å². The Bertz CT molecular complexity index is 1290. The third kappa shape index (κ3) is 3.90. The second kappa shape index (κ2) is 8.61. The number of amides is 1. The van der Waals surface area contributed by atoms with Crippen LogP contribution in [-0.2, 0) is 13.0 Å². The highest BCUT2D eigenvalue weighted by Crippen LogP contribution is 2.30. The first-order chi connectivity index (χ1) is 16.3. The number of benzene rings is 3. The molecule has 5 nitrogen and oxygen atoms in total. The van der Waals surface area contributed by atoms with Crippen molar-refractivity contribution in [1.29, 1.82) is 0 Å². The summed E-state index contributed by atoms with van der Waals surface area (Å²) < 4.78 is 5.98. The van der Waals surface area contributed by atoms with Crippen molar-refractivity contribution in [3.8, 4) is 0 Å². The van der Waals surface area contributed by atoms with Gasteiger partial charge in [0.25, 0.3) is 5.91 Å². The first-order valence-electron chi connectivity index (χ1n) is 11.6. The molecule has 0 bridgehead atoms. The molecular weight excluding hydrogens is 428 g/mol. The maximum Gasteiger partial charge on any atom is 0.258 e. The number of hydrogen-bond acceptors (Lipinski definition) is 5. The van der Waals surface area contributed by atoms with Crippen LogP contribution in [0.15, 0.2) is 72.8 Å². The van der Waals surface area contributed by atoms with Crippen LogP contribution in [0.25, 0.3) is 10.1 Å². The molecule has 0 aliphatic carbocycles. The molecule has 1 fully saturated rings. The van der Waals surface area contributed by atoms with Gasteiger partial charge in [0.2, 0.25) is 0 Å². The van der Waals surface area contributed by atoms with Crippen molar-refractivity contribution < 1.29 is 4.79 Å². The van der Waals surface area contributed by atoms with E-state index in [0.29, 0.717) is 6.54 Å². The molecule has 6 rings (SSSR count). The van der Waals surface area contributed by atoms with Gasteiger partial charge in [0.15, 0.2) is 0 Å². The van der Waals surface area contributed by atoms with E-state index in [1.165, 1.54) is 15.6 Å². The second-order valence-electron chi connectivity index (χ2n) is 8.80. The van der Waals surface area contributed by atoms with Gasteiger partial charge in [-0.2, -0.15) is 4.37 Å². The first-order valence-corrected chi connectivity index (χ1v) is 12.3. The molecule has 1 aromatic heterocycles. The molecule has 2 aliphatic rings. The fourth-order valence-electron chi connectivity index (χ4n) is 4.88. The Kier molecular flexibility index (Phi) is 5.32. The third-order valence-corrected chi connectivity index (χ3v) is 7.63. The summed E-state index contributed by atoms with van der Waals surface area (Å²) in [6.45, 7) is 5.87. The lowest BCUT2D eigenvalue weighted by Gasteiger charge is -2.35. The van der Waals surface area contributed by atoms with Crippen molar-refractivity contribution >= 4 is 39.0 Å². The molecule has 0 unspecified atom stereocenters. The predicted octanol–water partition coefficient (Wildman–Crippen LogP) is 4.82. The highest BCUT2D eigenvalue weighted by atomic mass is 32.1. The minimum Gasteiger partial charge on any atom is -0.353 e. The van der Waals surface area contributed by atoms with E-state index in [9.17, 15) is 4.79 Å². The van der Waals surface area contributed by atoms with Crippen LogP contribution >= 0.6 is 11.5 Å². The van der Waals surface area contributed by atoms with Crippen LogP contribution in [-0.4, -0.2) is 47.9 Å². The average molecular weight is 455 g/mol. The topological polar surface area (TPSA) is 39.7 Å². The van der Waals surface area contributed by atoms with Crippen LogP contribution in [0, 0.1) is 0 Å². The largest absolute Gasteiger partial charge is 0.353 e. The zero-order valence-corrected chi connectivity index (χ0v) is 19.3. The summed E-state index contributed by atoms with van der Waals surface area (Å²) in [6.07, 6.45) is 1.02. The molecule has 33 heavy (non-hydrogen) atoms. The number of hydrogen-bond donors (Lipinski definition) is 0. The Balaban J connectivity index is 1.03. The molecule has 1 amide bonds. The van der Waals surface area contributed by atoms with Gasteiger partial charge in [0, 0.05) is 49.4 Å². The summed E-state index contributed by atoms with van der Waals surface area (Å²) in [4.78, 5) is 19.5. The molecular formula is C27H26N4OS. The van der Waals surface area contributed by atoms with Crippen LogP contribution in [0.1, 0.15) is 21.5 Å². The van der Waals surface area contributed by atoms with Gasteiger partial charge in [0.1, 0.15) is 5.82 Å². The van der Waals surface area contributed by atoms with Crippen molar-refractivity contribution in [2.45, 2.75) is 13.0 Å². The smallest absolute Gasteiger partial charge is 0.258 e. The summed E-state index contributed by atoms with van der Waals surface area (Å²) in [5, 5.41) is 1.27. The Hall–Kier alpha value is -3.22. The van der Waals surface area contributed by atoms with Gasteiger partial charge in [-0.25, -0.2) is 0 Å². The fourth-order valence-corrected chi connectivity index (χ4v) is 5.67. The predicted molar refractivity (Wildman–Crippen MR) is 135 cm³/mol. The van der Waals surface area contributed by atoms with Crippen LogP contribution < -0.4 is 9.80 Å². The summed E-state index contributed by atoms with van der Waals surface area (Å²) in [5.41, 5.74) is 4.22. The number of aromatic nitrogens is 1. The molecule has 3 heterocycles. The van der Waals surface area contributed by atoms with Gasteiger partial charge in [-0.3, -0.25) is 9.69 Å². The Morgan fingerprint density at radius 2 is 1.61 bits per heavy atom. The number of piperazine rings is 1. The lowest BCUT2D eigenvalue weighted by molar-refractivity contribution is 0.0996. The Morgan fingerprint density at radius 1 is 0.848 bits per heavy atom. The minimum absolute atomic E-state index is 0.101. The zero-order valence-electron chi connectivity index (χ0n) is 18.5. The molecule has 2 aliphatic heterocycles. The van der Waals surface area contributed by atoms with Crippen molar-refractivity contribution in [2.24, 2.45) is 0 Å². The number of nitrogens with zero attached hydrogens (tertiary/aromatic N) is 4. The number of carbonyl (C=O) groups excluding carboxylic acids is 1. The van der Waals surface area contributed by atoms with E-state index in [1.807, 2.05) is 29.2 Å². The first kappa shape index (κ1) is 20.4. The number of rotatable bonds is 5. The fraction of sp³-hybridized carbons (Fsp3) is 0.259. The monoisotopic (exact) mass is 454 g/mol. The molecule has 0 radical (unpaired) electrons. The summed E-state index contributed by atoms with van der Waals surface area (Å²) in [7, 11) is 0. The molecule has 6 heteroatoms. The standard InChI is InChI=1S/C27H26N4OS/c32-27-23-6-2-1-5-21(23)19-31(27)22-11-9-20(10-12-22)13-14-29-15-17-30(18-16-29)26-24-7-3-4-8-25(24)33-28-26/h1-12H,13-19H2. The third-order valence-electron chi connectivity index (χ3n) is 6.82. The highest BCUT2D eigenvalue weighted by Gasteiger charge is 2.27. The molecule has 0 atom stereocenters. The summed E-state index contributed by atoms with van der Waals surface area (Å²) in [5.74, 6) is 1.24. The number of carbonyl (C=O) groups is 1. The van der Waals surface area contributed by atoms with Gasteiger partial charge in [-0.05, 0) is 59.4 Å². The van der Waals surface area contributed by atoms with E-state index < -0.39 is 0 Å².